The van der Waals surface area contributed by atoms with Crippen molar-refractivity contribution >= 4 is 17.9 Å². The van der Waals surface area contributed by atoms with E-state index in [1.54, 1.807) is 0 Å². The van der Waals surface area contributed by atoms with Gasteiger partial charge in [0.2, 0.25) is 0 Å². The van der Waals surface area contributed by atoms with Gasteiger partial charge in [-0.1, -0.05) is 126 Å². The second-order valence-electron chi connectivity index (χ2n) is 14.5. The fraction of sp³-hybridized carbons (Fsp3) is 0.705. The maximum Gasteiger partial charge on any atom is 0.306 e. The third-order valence-corrected chi connectivity index (χ3v) is 8.26. The number of carboxylic acid groups (broad SMARTS) is 1. The summed E-state index contributed by atoms with van der Waals surface area (Å²) in [7, 11) is 5.87. The van der Waals surface area contributed by atoms with Crippen molar-refractivity contribution in [2.75, 3.05) is 47.5 Å². The minimum absolute atomic E-state index is 0.123. The Balaban J connectivity index is 4.61. The average molecular weight is 746 g/mol. The molecule has 2 unspecified atom stereocenters. The van der Waals surface area contributed by atoms with Crippen LogP contribution in [0.1, 0.15) is 142 Å². The minimum atomic E-state index is -1.64. The molecule has 0 heterocycles. The molecule has 304 valence electrons. The third kappa shape index (κ3) is 37.1. The molecular weight excluding hydrogens is 670 g/mol. The topological polar surface area (TPSA) is 111 Å². The highest BCUT2D eigenvalue weighted by atomic mass is 16.7. The van der Waals surface area contributed by atoms with Gasteiger partial charge in [0, 0.05) is 12.8 Å². The SMILES string of the molecule is CC/C=C\C/C=C\C/C=C\C/C=C\CCC(=O)OC(COC(=O)CCCCCCC/C=C\CCCCCCCC)COC(OCC[N+](C)(C)C)C(=O)[O-]. The molecule has 0 fully saturated rings. The standard InChI is InChI=1S/C44H75NO8/c1-6-8-10-12-14-16-18-20-21-23-24-26-28-30-32-34-41(46)51-38-40(39-52-44(43(48)49)50-37-36-45(3,4)5)53-42(47)35-33-31-29-27-25-22-19-17-15-13-11-9-7-2/h9,11,15,17,20-22,25,29,31,40,44H,6-8,10,12-14,16,18-19,23-24,26-28,30,32-39H2,1-5H3/b11-9-,17-15-,21-20-,25-22-,31-29-. The highest BCUT2D eigenvalue weighted by Crippen LogP contribution is 2.11. The lowest BCUT2D eigenvalue weighted by atomic mass is 10.1. The molecule has 0 rings (SSSR count). The summed E-state index contributed by atoms with van der Waals surface area (Å²) in [5, 5.41) is 11.6. The van der Waals surface area contributed by atoms with Gasteiger partial charge in [-0.2, -0.15) is 0 Å². The van der Waals surface area contributed by atoms with Gasteiger partial charge in [0.05, 0.1) is 40.3 Å². The Kier molecular flexibility index (Phi) is 33.9. The van der Waals surface area contributed by atoms with Crippen molar-refractivity contribution in [3.8, 4) is 0 Å². The van der Waals surface area contributed by atoms with Gasteiger partial charge in [0.25, 0.3) is 0 Å². The predicted octanol–water partition coefficient (Wildman–Crippen LogP) is 8.88. The van der Waals surface area contributed by atoms with E-state index in [0.29, 0.717) is 17.4 Å². The number of rotatable bonds is 36. The molecule has 9 heteroatoms. The number of unbranched alkanes of at least 4 members (excludes halogenated alkanes) is 11. The molecule has 0 amide bonds. The zero-order chi connectivity index (χ0) is 39.3. The van der Waals surface area contributed by atoms with Crippen LogP contribution in [0.3, 0.4) is 0 Å². The molecule has 53 heavy (non-hydrogen) atoms. The first kappa shape index (κ1) is 50.0. The minimum Gasteiger partial charge on any atom is -0.545 e. The van der Waals surface area contributed by atoms with Gasteiger partial charge in [-0.25, -0.2) is 0 Å². The number of carbonyl (C=O) groups excluding carboxylic acids is 3. The van der Waals surface area contributed by atoms with E-state index in [-0.39, 0.29) is 38.6 Å². The van der Waals surface area contributed by atoms with E-state index in [4.69, 9.17) is 18.9 Å². The molecule has 0 aliphatic heterocycles. The first-order valence-corrected chi connectivity index (χ1v) is 20.4. The number of hydrogen-bond donors (Lipinski definition) is 0. The van der Waals surface area contributed by atoms with E-state index in [9.17, 15) is 19.5 Å². The van der Waals surface area contributed by atoms with E-state index in [1.165, 1.54) is 44.9 Å². The molecule has 0 bridgehead atoms. The van der Waals surface area contributed by atoms with Crippen LogP contribution in [0.5, 0.6) is 0 Å². The summed E-state index contributed by atoms with van der Waals surface area (Å²) >= 11 is 0. The van der Waals surface area contributed by atoms with E-state index < -0.39 is 24.3 Å². The number of hydrogen-bond acceptors (Lipinski definition) is 8. The summed E-state index contributed by atoms with van der Waals surface area (Å²) in [6, 6.07) is 0. The number of carboxylic acids is 1. The summed E-state index contributed by atoms with van der Waals surface area (Å²) in [4.78, 5) is 36.8. The van der Waals surface area contributed by atoms with Crippen LogP contribution in [0.4, 0.5) is 0 Å². The van der Waals surface area contributed by atoms with Crippen molar-refractivity contribution in [3.63, 3.8) is 0 Å². The van der Waals surface area contributed by atoms with Crippen LogP contribution in [-0.2, 0) is 33.3 Å². The van der Waals surface area contributed by atoms with Crippen molar-refractivity contribution in [1.82, 2.24) is 0 Å². The monoisotopic (exact) mass is 746 g/mol. The quantitative estimate of drug-likeness (QED) is 0.0206. The maximum absolute atomic E-state index is 12.6. The van der Waals surface area contributed by atoms with Gasteiger partial charge in [-0.15, -0.1) is 0 Å². The molecule has 0 spiro atoms. The number of likely N-dealkylation sites (N-methyl/N-ethyl adjacent to an activating group) is 1. The Morgan fingerprint density at radius 3 is 1.68 bits per heavy atom. The van der Waals surface area contributed by atoms with E-state index in [1.807, 2.05) is 33.3 Å². The lowest BCUT2D eigenvalue weighted by molar-refractivity contribution is -0.870. The van der Waals surface area contributed by atoms with Crippen LogP contribution >= 0.6 is 0 Å². The predicted molar refractivity (Wildman–Crippen MR) is 214 cm³/mol. The number of allylic oxidation sites excluding steroid dienone is 10. The summed E-state index contributed by atoms with van der Waals surface area (Å²) in [5.74, 6) is -2.42. The van der Waals surface area contributed by atoms with Gasteiger partial charge in [-0.3, -0.25) is 9.59 Å². The molecule has 2 atom stereocenters. The van der Waals surface area contributed by atoms with Gasteiger partial charge in [0.1, 0.15) is 13.2 Å². The molecule has 0 radical (unpaired) electrons. The molecule has 0 saturated heterocycles. The first-order valence-electron chi connectivity index (χ1n) is 20.4. The molecule has 0 aliphatic rings. The molecule has 9 nitrogen and oxygen atoms in total. The normalized spacial score (nSPS) is 13.6. The second-order valence-corrected chi connectivity index (χ2v) is 14.5. The fourth-order valence-electron chi connectivity index (χ4n) is 5.07. The van der Waals surface area contributed by atoms with Gasteiger partial charge >= 0.3 is 11.9 Å². The van der Waals surface area contributed by atoms with Crippen LogP contribution in [-0.4, -0.2) is 82.3 Å². The number of esters is 2. The summed E-state index contributed by atoms with van der Waals surface area (Å²) < 4.78 is 22.4. The largest absolute Gasteiger partial charge is 0.545 e. The van der Waals surface area contributed by atoms with Crippen molar-refractivity contribution in [1.29, 1.82) is 0 Å². The van der Waals surface area contributed by atoms with Crippen LogP contribution in [0.15, 0.2) is 60.8 Å². The molecular formula is C44H75NO8. The summed E-state index contributed by atoms with van der Waals surface area (Å²) in [6.07, 6.45) is 38.4. The van der Waals surface area contributed by atoms with Gasteiger partial charge in [-0.05, 0) is 64.2 Å². The zero-order valence-electron chi connectivity index (χ0n) is 34.1. The van der Waals surface area contributed by atoms with Crippen molar-refractivity contribution in [2.24, 2.45) is 0 Å². The maximum atomic E-state index is 12.6. The van der Waals surface area contributed by atoms with E-state index in [0.717, 1.165) is 64.2 Å². The Bertz CT molecular complexity index is 1060. The van der Waals surface area contributed by atoms with Gasteiger partial charge in [0.15, 0.2) is 12.4 Å². The third-order valence-electron chi connectivity index (χ3n) is 8.26. The smallest absolute Gasteiger partial charge is 0.306 e. The fourth-order valence-corrected chi connectivity index (χ4v) is 5.07. The van der Waals surface area contributed by atoms with Crippen molar-refractivity contribution < 1.29 is 42.9 Å². The highest BCUT2D eigenvalue weighted by Gasteiger charge is 2.21. The molecule has 0 saturated carbocycles. The van der Waals surface area contributed by atoms with E-state index in [2.05, 4.69) is 62.5 Å². The lowest BCUT2D eigenvalue weighted by Crippen LogP contribution is -2.44. The lowest BCUT2D eigenvalue weighted by Gasteiger charge is -2.26. The molecule has 0 aromatic carbocycles. The number of aliphatic carboxylic acids is 1. The Morgan fingerprint density at radius 1 is 0.585 bits per heavy atom. The number of ether oxygens (including phenoxy) is 4. The Labute approximate surface area is 323 Å². The number of nitrogens with zero attached hydrogens (tertiary/aromatic N) is 1. The Hall–Kier alpha value is -3.01. The summed E-state index contributed by atoms with van der Waals surface area (Å²) in [6.45, 7) is 4.49. The van der Waals surface area contributed by atoms with Gasteiger partial charge < -0.3 is 33.3 Å². The molecule has 0 aromatic rings. The van der Waals surface area contributed by atoms with Crippen molar-refractivity contribution in [2.45, 2.75) is 155 Å². The molecule has 0 aliphatic carbocycles. The molecule has 0 aromatic heterocycles. The van der Waals surface area contributed by atoms with Crippen LogP contribution < -0.4 is 5.11 Å². The zero-order valence-corrected chi connectivity index (χ0v) is 34.1. The number of quaternary nitrogens is 1. The second kappa shape index (κ2) is 36.0. The van der Waals surface area contributed by atoms with Crippen LogP contribution in [0, 0.1) is 0 Å². The average Bonchev–Trinajstić information content (AvgIpc) is 3.11. The first-order chi connectivity index (χ1) is 25.6. The van der Waals surface area contributed by atoms with E-state index >= 15 is 0 Å². The summed E-state index contributed by atoms with van der Waals surface area (Å²) in [5.41, 5.74) is 0. The molecule has 0 N–H and O–H groups in total. The van der Waals surface area contributed by atoms with Crippen molar-refractivity contribution in [3.05, 3.63) is 60.8 Å². The van der Waals surface area contributed by atoms with Crippen LogP contribution in [0.2, 0.25) is 0 Å². The highest BCUT2D eigenvalue weighted by molar-refractivity contribution is 5.70. The van der Waals surface area contributed by atoms with Crippen LogP contribution in [0.25, 0.3) is 0 Å². The number of carbonyl (C=O) groups is 3. The Morgan fingerprint density at radius 2 is 1.11 bits per heavy atom.